The normalized spacial score (nSPS) is 23.6. The smallest absolute Gasteiger partial charge is 0.338 e. The number of nitrogens with zero attached hydrogens (tertiary/aromatic N) is 2. The molecule has 0 radical (unpaired) electrons. The van der Waals surface area contributed by atoms with Crippen molar-refractivity contribution in [3.8, 4) is 0 Å². The molecule has 0 amide bonds. The van der Waals surface area contributed by atoms with E-state index in [1.54, 1.807) is 36.4 Å². The topological polar surface area (TPSA) is 106 Å². The molecule has 1 fully saturated rings. The van der Waals surface area contributed by atoms with Gasteiger partial charge in [-0.1, -0.05) is 43.3 Å². The zero-order valence-corrected chi connectivity index (χ0v) is 19.0. The Kier molecular flexibility index (Phi) is 6.65. The third-order valence-electron chi connectivity index (χ3n) is 5.81. The van der Waals surface area contributed by atoms with Crippen LogP contribution in [-0.4, -0.2) is 39.6 Å². The quantitative estimate of drug-likeness (QED) is 0.497. The summed E-state index contributed by atoms with van der Waals surface area (Å²) in [6.45, 7) is 0.639. The Morgan fingerprint density at radius 3 is 2.14 bits per heavy atom. The average molecular weight is 482 g/mol. The molecule has 1 saturated heterocycles. The van der Waals surface area contributed by atoms with Crippen molar-refractivity contribution in [3.05, 3.63) is 105 Å². The summed E-state index contributed by atoms with van der Waals surface area (Å²) in [5, 5.41) is 0. The fourth-order valence-electron chi connectivity index (χ4n) is 3.90. The molecule has 10 heteroatoms. The van der Waals surface area contributed by atoms with Gasteiger partial charge in [0, 0.05) is 25.2 Å². The maximum absolute atomic E-state index is 16.3. The van der Waals surface area contributed by atoms with Gasteiger partial charge in [-0.15, -0.1) is 0 Å². The van der Waals surface area contributed by atoms with Gasteiger partial charge in [0.25, 0.3) is 11.4 Å². The minimum Gasteiger partial charge on any atom is -0.456 e. The van der Waals surface area contributed by atoms with Crippen LogP contribution < -0.4 is 11.2 Å². The highest BCUT2D eigenvalue weighted by Gasteiger charge is 2.58. The fraction of sp³-hybridized carbons (Fsp3) is 0.280. The first-order valence-corrected chi connectivity index (χ1v) is 10.8. The molecule has 0 aliphatic carbocycles. The van der Waals surface area contributed by atoms with Crippen molar-refractivity contribution in [3.63, 3.8) is 0 Å². The van der Waals surface area contributed by atoms with Crippen LogP contribution in [0.5, 0.6) is 0 Å². The van der Waals surface area contributed by atoms with Crippen LogP contribution in [0.1, 0.15) is 33.9 Å². The van der Waals surface area contributed by atoms with Gasteiger partial charge in [0.1, 0.15) is 6.23 Å². The molecule has 3 aromatic rings. The van der Waals surface area contributed by atoms with Crippen molar-refractivity contribution in [1.29, 1.82) is 0 Å². The predicted octanol–water partition coefficient (Wildman–Crippen LogP) is 2.46. The van der Waals surface area contributed by atoms with Crippen LogP contribution in [0.15, 0.2) is 82.5 Å². The number of benzene rings is 2. The van der Waals surface area contributed by atoms with Crippen LogP contribution in [0, 0.1) is 5.92 Å². The van der Waals surface area contributed by atoms with Crippen molar-refractivity contribution >= 4 is 11.9 Å². The van der Waals surface area contributed by atoms with E-state index in [0.29, 0.717) is 0 Å². The van der Waals surface area contributed by atoms with Crippen LogP contribution in [0.3, 0.4) is 0 Å². The first-order valence-electron chi connectivity index (χ1n) is 10.8. The molecule has 0 N–H and O–H groups in total. The highest BCUT2D eigenvalue weighted by molar-refractivity contribution is 5.90. The number of ether oxygens (including phenoxy) is 3. The van der Waals surface area contributed by atoms with Gasteiger partial charge in [0.15, 0.2) is 12.7 Å². The van der Waals surface area contributed by atoms with E-state index in [4.69, 9.17) is 14.2 Å². The lowest BCUT2D eigenvalue weighted by molar-refractivity contribution is -0.208. The van der Waals surface area contributed by atoms with Gasteiger partial charge in [-0.05, 0) is 24.3 Å². The lowest BCUT2D eigenvalue weighted by atomic mass is 10.00. The summed E-state index contributed by atoms with van der Waals surface area (Å²) >= 11 is 0. The largest absolute Gasteiger partial charge is 0.456 e. The summed E-state index contributed by atoms with van der Waals surface area (Å²) in [4.78, 5) is 49.6. The van der Waals surface area contributed by atoms with Gasteiger partial charge in [0.2, 0.25) is 0 Å². The Labute approximate surface area is 199 Å². The second kappa shape index (κ2) is 9.67. The van der Waals surface area contributed by atoms with Crippen LogP contribution in [0.2, 0.25) is 0 Å². The Morgan fingerprint density at radius 1 is 0.971 bits per heavy atom. The molecule has 4 atom stereocenters. The standard InChI is InChI=1S/C25H23FN2O7/c1-16-20(34-23(31)18-11-7-4-8-12-18)25(26,15-33-22(30)17-9-5-3-6-10-17)35-21(16)28-14-13-19(29)27(2)24(28)32/h3-14,16,20-21H,15H2,1-2H3. The van der Waals surface area contributed by atoms with E-state index >= 15 is 4.39 Å². The highest BCUT2D eigenvalue weighted by atomic mass is 19.2. The molecule has 35 heavy (non-hydrogen) atoms. The maximum Gasteiger partial charge on any atom is 0.338 e. The van der Waals surface area contributed by atoms with Crippen LogP contribution >= 0.6 is 0 Å². The van der Waals surface area contributed by atoms with Gasteiger partial charge >= 0.3 is 17.6 Å². The molecule has 0 spiro atoms. The molecule has 1 aliphatic heterocycles. The third kappa shape index (κ3) is 4.78. The number of carbonyl (C=O) groups is 2. The molecule has 2 aromatic carbocycles. The second-order valence-corrected chi connectivity index (χ2v) is 8.19. The Morgan fingerprint density at radius 2 is 1.54 bits per heavy atom. The van der Waals surface area contributed by atoms with Gasteiger partial charge in [0.05, 0.1) is 11.1 Å². The number of alkyl halides is 1. The fourth-order valence-corrected chi connectivity index (χ4v) is 3.90. The summed E-state index contributed by atoms with van der Waals surface area (Å²) in [5.41, 5.74) is -0.905. The van der Waals surface area contributed by atoms with E-state index in [0.717, 1.165) is 15.2 Å². The van der Waals surface area contributed by atoms with Crippen molar-refractivity contribution in [2.24, 2.45) is 13.0 Å². The molecular formula is C25H23FN2O7. The summed E-state index contributed by atoms with van der Waals surface area (Å²) in [7, 11) is 1.28. The molecule has 0 bridgehead atoms. The number of halogens is 1. The Hall–Kier alpha value is -4.05. The molecule has 182 valence electrons. The average Bonchev–Trinajstić information content (AvgIpc) is 3.12. The predicted molar refractivity (Wildman–Crippen MR) is 121 cm³/mol. The Balaban J connectivity index is 1.65. The summed E-state index contributed by atoms with van der Waals surface area (Å²) < 4.78 is 34.4. The SMILES string of the molecule is CC1C(n2ccc(=O)n(C)c2=O)OC(F)(COC(=O)c2ccccc2)C1OC(=O)c1ccccc1. The summed E-state index contributed by atoms with van der Waals surface area (Å²) in [5.74, 6) is -5.27. The third-order valence-corrected chi connectivity index (χ3v) is 5.81. The van der Waals surface area contributed by atoms with Gasteiger partial charge in [-0.3, -0.25) is 13.9 Å². The number of aromatic nitrogens is 2. The molecule has 4 unspecified atom stereocenters. The molecule has 9 nitrogen and oxygen atoms in total. The van der Waals surface area contributed by atoms with Crippen molar-refractivity contribution in [2.45, 2.75) is 25.1 Å². The molecule has 1 aromatic heterocycles. The minimum absolute atomic E-state index is 0.186. The maximum atomic E-state index is 16.3. The number of hydrogen-bond donors (Lipinski definition) is 0. The van der Waals surface area contributed by atoms with Gasteiger partial charge in [-0.25, -0.2) is 18.8 Å². The molecule has 2 heterocycles. The zero-order chi connectivity index (χ0) is 25.2. The second-order valence-electron chi connectivity index (χ2n) is 8.19. The Bertz CT molecular complexity index is 1340. The van der Waals surface area contributed by atoms with E-state index in [1.807, 2.05) is 0 Å². The van der Waals surface area contributed by atoms with E-state index in [9.17, 15) is 19.2 Å². The number of rotatable bonds is 6. The van der Waals surface area contributed by atoms with E-state index in [-0.39, 0.29) is 11.1 Å². The number of hydrogen-bond acceptors (Lipinski definition) is 7. The first kappa shape index (κ1) is 24.1. The lowest BCUT2D eigenvalue weighted by Gasteiger charge is -2.26. The van der Waals surface area contributed by atoms with Crippen molar-refractivity contribution < 1.29 is 28.2 Å². The first-order chi connectivity index (χ1) is 16.7. The summed E-state index contributed by atoms with van der Waals surface area (Å²) in [6.07, 6.45) is -1.60. The zero-order valence-electron chi connectivity index (χ0n) is 19.0. The monoisotopic (exact) mass is 482 g/mol. The minimum atomic E-state index is -2.77. The molecule has 4 rings (SSSR count). The van der Waals surface area contributed by atoms with E-state index < -0.39 is 53.9 Å². The van der Waals surface area contributed by atoms with Crippen molar-refractivity contribution in [1.82, 2.24) is 9.13 Å². The number of carbonyl (C=O) groups excluding carboxylic acids is 2. The van der Waals surface area contributed by atoms with E-state index in [2.05, 4.69) is 0 Å². The molecular weight excluding hydrogens is 459 g/mol. The van der Waals surface area contributed by atoms with E-state index in [1.165, 1.54) is 44.4 Å². The van der Waals surface area contributed by atoms with Gasteiger partial charge in [-0.2, -0.15) is 0 Å². The van der Waals surface area contributed by atoms with Crippen LogP contribution in [0.25, 0.3) is 0 Å². The molecule has 1 aliphatic rings. The number of esters is 2. The van der Waals surface area contributed by atoms with Crippen molar-refractivity contribution in [2.75, 3.05) is 6.61 Å². The van der Waals surface area contributed by atoms with Crippen LogP contribution in [-0.2, 0) is 21.3 Å². The van der Waals surface area contributed by atoms with Crippen LogP contribution in [0.4, 0.5) is 4.39 Å². The van der Waals surface area contributed by atoms with Gasteiger partial charge < -0.3 is 14.2 Å². The highest BCUT2D eigenvalue weighted by Crippen LogP contribution is 2.44. The molecule has 0 saturated carbocycles. The lowest BCUT2D eigenvalue weighted by Crippen LogP contribution is -2.44. The summed E-state index contributed by atoms with van der Waals surface area (Å²) in [6, 6.07) is 17.1.